The zero-order valence-electron chi connectivity index (χ0n) is 10.1. The monoisotopic (exact) mass is 348 g/mol. The van der Waals surface area contributed by atoms with Gasteiger partial charge in [0.2, 0.25) is 0 Å². The van der Waals surface area contributed by atoms with Crippen molar-refractivity contribution in [1.29, 1.82) is 0 Å². The Morgan fingerprint density at radius 3 is 2.50 bits per heavy atom. The molecule has 4 nitrogen and oxygen atoms in total. The molecule has 2 aromatic carbocycles. The molecule has 0 aliphatic rings. The lowest BCUT2D eigenvalue weighted by Crippen LogP contribution is -1.78. The van der Waals surface area contributed by atoms with Gasteiger partial charge in [-0.2, -0.15) is 0 Å². The summed E-state index contributed by atoms with van der Waals surface area (Å²) in [6.07, 6.45) is 0. The first-order chi connectivity index (χ1) is 9.63. The predicted octanol–water partition coefficient (Wildman–Crippen LogP) is 4.05. The second kappa shape index (κ2) is 5.22. The van der Waals surface area contributed by atoms with Crippen molar-refractivity contribution in [2.75, 3.05) is 0 Å². The molecule has 0 atom stereocenters. The normalized spacial score (nSPS) is 10.7. The number of benzene rings is 2. The first-order valence-corrected chi connectivity index (χ1v) is 7.36. The number of hydrogen-bond acceptors (Lipinski definition) is 5. The molecule has 1 heterocycles. The SMILES string of the molecule is Oc1ccc(-c2nnc(-c3cccc(Br)c3)s2)c(O)c1. The molecule has 3 rings (SSSR count). The van der Waals surface area contributed by atoms with Gasteiger partial charge in [0.25, 0.3) is 0 Å². The lowest BCUT2D eigenvalue weighted by molar-refractivity contribution is 0.452. The molecule has 0 amide bonds. The topological polar surface area (TPSA) is 66.2 Å². The quantitative estimate of drug-likeness (QED) is 0.733. The van der Waals surface area contributed by atoms with Crippen LogP contribution in [0.4, 0.5) is 0 Å². The van der Waals surface area contributed by atoms with E-state index in [2.05, 4.69) is 26.1 Å². The van der Waals surface area contributed by atoms with Gasteiger partial charge in [-0.25, -0.2) is 0 Å². The summed E-state index contributed by atoms with van der Waals surface area (Å²) >= 11 is 4.80. The number of rotatable bonds is 2. The summed E-state index contributed by atoms with van der Waals surface area (Å²) in [5, 5.41) is 28.8. The van der Waals surface area contributed by atoms with Crippen molar-refractivity contribution in [2.24, 2.45) is 0 Å². The molecular formula is C14H9BrN2O2S. The maximum Gasteiger partial charge on any atom is 0.151 e. The molecular weight excluding hydrogens is 340 g/mol. The second-order valence-corrected chi connectivity index (χ2v) is 6.02. The lowest BCUT2D eigenvalue weighted by Gasteiger charge is -2.00. The zero-order chi connectivity index (χ0) is 14.1. The van der Waals surface area contributed by atoms with E-state index in [9.17, 15) is 10.2 Å². The van der Waals surface area contributed by atoms with Gasteiger partial charge in [-0.1, -0.05) is 39.4 Å². The van der Waals surface area contributed by atoms with E-state index in [1.807, 2.05) is 24.3 Å². The minimum Gasteiger partial charge on any atom is -0.508 e. The van der Waals surface area contributed by atoms with E-state index in [1.165, 1.54) is 23.5 Å². The molecule has 2 N–H and O–H groups in total. The Morgan fingerprint density at radius 2 is 1.75 bits per heavy atom. The van der Waals surface area contributed by atoms with E-state index < -0.39 is 0 Å². The predicted molar refractivity (Wildman–Crippen MR) is 81.8 cm³/mol. The van der Waals surface area contributed by atoms with Crippen LogP contribution < -0.4 is 0 Å². The number of hydrogen-bond donors (Lipinski definition) is 2. The van der Waals surface area contributed by atoms with Crippen molar-refractivity contribution < 1.29 is 10.2 Å². The highest BCUT2D eigenvalue weighted by atomic mass is 79.9. The molecule has 0 unspecified atom stereocenters. The van der Waals surface area contributed by atoms with Gasteiger partial charge in [0.15, 0.2) is 5.01 Å². The Hall–Kier alpha value is -1.92. The highest BCUT2D eigenvalue weighted by molar-refractivity contribution is 9.10. The van der Waals surface area contributed by atoms with E-state index in [0.29, 0.717) is 10.6 Å². The van der Waals surface area contributed by atoms with Gasteiger partial charge in [-0.3, -0.25) is 0 Å². The van der Waals surface area contributed by atoms with E-state index in [1.54, 1.807) is 6.07 Å². The molecule has 0 aliphatic carbocycles. The van der Waals surface area contributed by atoms with Crippen LogP contribution in [0.15, 0.2) is 46.9 Å². The maximum absolute atomic E-state index is 9.84. The number of halogens is 1. The number of phenolic OH excluding ortho intramolecular Hbond substituents is 2. The number of aromatic nitrogens is 2. The number of phenols is 2. The van der Waals surface area contributed by atoms with Crippen molar-refractivity contribution in [3.05, 3.63) is 46.9 Å². The first kappa shape index (κ1) is 13.1. The summed E-state index contributed by atoms with van der Waals surface area (Å²) in [4.78, 5) is 0. The Bertz CT molecular complexity index is 773. The van der Waals surface area contributed by atoms with E-state index in [0.717, 1.165) is 15.0 Å². The fourth-order valence-corrected chi connectivity index (χ4v) is 3.04. The third-order valence-corrected chi connectivity index (χ3v) is 4.21. The molecule has 100 valence electrons. The third-order valence-electron chi connectivity index (χ3n) is 2.71. The van der Waals surface area contributed by atoms with Crippen LogP contribution in [0, 0.1) is 0 Å². The Morgan fingerprint density at radius 1 is 0.950 bits per heavy atom. The molecule has 0 saturated heterocycles. The Kier molecular flexibility index (Phi) is 3.42. The summed E-state index contributed by atoms with van der Waals surface area (Å²) in [6.45, 7) is 0. The number of aromatic hydroxyl groups is 2. The van der Waals surface area contributed by atoms with Crippen LogP contribution in [0.3, 0.4) is 0 Å². The Labute approximate surface area is 127 Å². The van der Waals surface area contributed by atoms with E-state index in [4.69, 9.17) is 0 Å². The van der Waals surface area contributed by atoms with Gasteiger partial charge in [-0.15, -0.1) is 10.2 Å². The minimum absolute atomic E-state index is 0.0121. The summed E-state index contributed by atoms with van der Waals surface area (Å²) in [5.41, 5.74) is 1.52. The lowest BCUT2D eigenvalue weighted by atomic mass is 10.2. The average Bonchev–Trinajstić information content (AvgIpc) is 2.88. The van der Waals surface area contributed by atoms with Crippen LogP contribution in [0.25, 0.3) is 21.1 Å². The standard InChI is InChI=1S/C14H9BrN2O2S/c15-9-3-1-2-8(6-9)13-16-17-14(20-13)11-5-4-10(18)7-12(11)19/h1-7,18-19H. The van der Waals surface area contributed by atoms with Crippen LogP contribution in [0.2, 0.25) is 0 Å². The Balaban J connectivity index is 2.02. The fourth-order valence-electron chi connectivity index (χ4n) is 1.77. The zero-order valence-corrected chi connectivity index (χ0v) is 12.5. The van der Waals surface area contributed by atoms with Crippen molar-refractivity contribution in [3.8, 4) is 32.6 Å². The summed E-state index contributed by atoms with van der Waals surface area (Å²) in [7, 11) is 0. The van der Waals surface area contributed by atoms with Crippen LogP contribution in [0.1, 0.15) is 0 Å². The molecule has 0 aliphatic heterocycles. The van der Waals surface area contributed by atoms with Crippen LogP contribution >= 0.6 is 27.3 Å². The minimum atomic E-state index is -0.0121. The van der Waals surface area contributed by atoms with Gasteiger partial charge < -0.3 is 10.2 Å². The molecule has 1 aromatic heterocycles. The maximum atomic E-state index is 9.84. The van der Waals surface area contributed by atoms with E-state index >= 15 is 0 Å². The average molecular weight is 349 g/mol. The van der Waals surface area contributed by atoms with Crippen LogP contribution in [-0.2, 0) is 0 Å². The third kappa shape index (κ3) is 2.52. The highest BCUT2D eigenvalue weighted by Gasteiger charge is 2.12. The van der Waals surface area contributed by atoms with Gasteiger partial charge in [0.05, 0.1) is 5.56 Å². The summed E-state index contributed by atoms with van der Waals surface area (Å²) < 4.78 is 0.972. The molecule has 3 aromatic rings. The summed E-state index contributed by atoms with van der Waals surface area (Å²) in [5.74, 6) is 0.00456. The van der Waals surface area contributed by atoms with Crippen molar-refractivity contribution >= 4 is 27.3 Å². The van der Waals surface area contributed by atoms with Crippen molar-refractivity contribution in [2.45, 2.75) is 0 Å². The molecule has 0 fully saturated rings. The summed E-state index contributed by atoms with van der Waals surface area (Å²) in [6, 6.07) is 12.2. The largest absolute Gasteiger partial charge is 0.508 e. The van der Waals surface area contributed by atoms with E-state index in [-0.39, 0.29) is 11.5 Å². The second-order valence-electron chi connectivity index (χ2n) is 4.12. The van der Waals surface area contributed by atoms with Crippen molar-refractivity contribution in [1.82, 2.24) is 10.2 Å². The molecule has 6 heteroatoms. The van der Waals surface area contributed by atoms with Gasteiger partial charge in [0.1, 0.15) is 16.5 Å². The van der Waals surface area contributed by atoms with Crippen molar-refractivity contribution in [3.63, 3.8) is 0 Å². The molecule has 0 radical (unpaired) electrons. The highest BCUT2D eigenvalue weighted by Crippen LogP contribution is 2.36. The van der Waals surface area contributed by atoms with Gasteiger partial charge in [0, 0.05) is 16.1 Å². The first-order valence-electron chi connectivity index (χ1n) is 5.75. The fraction of sp³-hybridized carbons (Fsp3) is 0. The molecule has 0 spiro atoms. The van der Waals surface area contributed by atoms with Gasteiger partial charge >= 0.3 is 0 Å². The van der Waals surface area contributed by atoms with Gasteiger partial charge in [-0.05, 0) is 24.3 Å². The molecule has 0 bridgehead atoms. The van der Waals surface area contributed by atoms with Crippen LogP contribution in [0.5, 0.6) is 11.5 Å². The molecule has 20 heavy (non-hydrogen) atoms. The number of nitrogens with zero attached hydrogens (tertiary/aromatic N) is 2. The molecule has 0 saturated carbocycles. The van der Waals surface area contributed by atoms with Crippen LogP contribution in [-0.4, -0.2) is 20.4 Å². The smallest absolute Gasteiger partial charge is 0.151 e.